The summed E-state index contributed by atoms with van der Waals surface area (Å²) in [6.45, 7) is 0.854. The lowest BCUT2D eigenvalue weighted by atomic mass is 10.3. The minimum atomic E-state index is -0.920. The summed E-state index contributed by atoms with van der Waals surface area (Å²) in [5.41, 5.74) is 0. The van der Waals surface area contributed by atoms with Gasteiger partial charge in [-0.2, -0.15) is 0 Å². The number of ether oxygens (including phenoxy) is 2. The number of nitrogens with zero attached hydrogens (tertiary/aromatic N) is 3. The third-order valence-corrected chi connectivity index (χ3v) is 2.53. The molecule has 1 aromatic heterocycles. The Morgan fingerprint density at radius 2 is 2.18 bits per heavy atom. The molecule has 0 unspecified atom stereocenters. The third kappa shape index (κ3) is 2.74. The van der Waals surface area contributed by atoms with Crippen LogP contribution in [0.2, 0.25) is 0 Å². The number of carbonyl (C=O) groups is 1. The second kappa shape index (κ2) is 4.86. The van der Waals surface area contributed by atoms with Gasteiger partial charge in [0.15, 0.2) is 0 Å². The number of methoxy groups -OCH3 is 1. The van der Waals surface area contributed by atoms with Gasteiger partial charge >= 0.3 is 6.09 Å². The van der Waals surface area contributed by atoms with Crippen molar-refractivity contribution in [3.63, 3.8) is 0 Å². The first-order chi connectivity index (χ1) is 8.19. The lowest BCUT2D eigenvalue weighted by molar-refractivity contribution is 0.144. The Bertz CT molecular complexity index is 395. The summed E-state index contributed by atoms with van der Waals surface area (Å²) in [5.74, 6) is 0.791. The Labute approximate surface area is 98.0 Å². The maximum Gasteiger partial charge on any atom is 0.407 e. The number of aromatic nitrogens is 2. The van der Waals surface area contributed by atoms with Crippen LogP contribution in [0.5, 0.6) is 11.8 Å². The van der Waals surface area contributed by atoms with E-state index in [0.717, 1.165) is 0 Å². The number of hydrogen-bond donors (Lipinski definition) is 1. The molecule has 0 bridgehead atoms. The van der Waals surface area contributed by atoms with Crippen LogP contribution in [-0.4, -0.2) is 52.6 Å². The van der Waals surface area contributed by atoms with Gasteiger partial charge < -0.3 is 19.5 Å². The highest BCUT2D eigenvalue weighted by Crippen LogP contribution is 2.17. The Hall–Kier alpha value is -2.05. The van der Waals surface area contributed by atoms with Crippen LogP contribution >= 0.6 is 0 Å². The van der Waals surface area contributed by atoms with Crippen molar-refractivity contribution in [2.75, 3.05) is 20.2 Å². The first-order valence-electron chi connectivity index (χ1n) is 5.21. The monoisotopic (exact) mass is 239 g/mol. The zero-order valence-electron chi connectivity index (χ0n) is 9.37. The average molecular weight is 239 g/mol. The highest BCUT2D eigenvalue weighted by molar-refractivity contribution is 5.65. The van der Waals surface area contributed by atoms with Crippen LogP contribution < -0.4 is 9.47 Å². The zero-order valence-corrected chi connectivity index (χ0v) is 9.37. The number of hydrogen-bond acceptors (Lipinski definition) is 5. The Kier molecular flexibility index (Phi) is 3.27. The highest BCUT2D eigenvalue weighted by atomic mass is 16.5. The van der Waals surface area contributed by atoms with Crippen molar-refractivity contribution in [2.24, 2.45) is 0 Å². The van der Waals surface area contributed by atoms with Crippen molar-refractivity contribution < 1.29 is 19.4 Å². The average Bonchev–Trinajstić information content (AvgIpc) is 2.79. The molecule has 2 rings (SSSR count). The van der Waals surface area contributed by atoms with E-state index in [2.05, 4.69) is 10.2 Å². The van der Waals surface area contributed by atoms with Gasteiger partial charge in [-0.1, -0.05) is 0 Å². The molecule has 7 heteroatoms. The number of carboxylic acid groups (broad SMARTS) is 1. The summed E-state index contributed by atoms with van der Waals surface area (Å²) in [7, 11) is 1.51. The van der Waals surface area contributed by atoms with E-state index in [-0.39, 0.29) is 6.10 Å². The molecule has 17 heavy (non-hydrogen) atoms. The molecular weight excluding hydrogens is 226 g/mol. The van der Waals surface area contributed by atoms with Gasteiger partial charge in [0, 0.05) is 25.1 Å². The fraction of sp³-hybridized carbons (Fsp3) is 0.500. The van der Waals surface area contributed by atoms with Crippen LogP contribution in [0.25, 0.3) is 0 Å². The van der Waals surface area contributed by atoms with Gasteiger partial charge in [-0.15, -0.1) is 10.2 Å². The van der Waals surface area contributed by atoms with Crippen molar-refractivity contribution in [2.45, 2.75) is 12.5 Å². The molecule has 2 heterocycles. The molecular formula is C10H13N3O4. The second-order valence-corrected chi connectivity index (χ2v) is 3.67. The van der Waals surface area contributed by atoms with Gasteiger partial charge in [-0.3, -0.25) is 0 Å². The van der Waals surface area contributed by atoms with Crippen molar-refractivity contribution in [3.05, 3.63) is 12.1 Å². The van der Waals surface area contributed by atoms with E-state index in [4.69, 9.17) is 14.6 Å². The van der Waals surface area contributed by atoms with Crippen LogP contribution in [-0.2, 0) is 0 Å². The molecule has 1 aliphatic heterocycles. The molecule has 0 aromatic carbocycles. The summed E-state index contributed by atoms with van der Waals surface area (Å²) >= 11 is 0. The van der Waals surface area contributed by atoms with Crippen LogP contribution in [0.1, 0.15) is 6.42 Å². The van der Waals surface area contributed by atoms with Gasteiger partial charge in [0.25, 0.3) is 0 Å². The Morgan fingerprint density at radius 3 is 2.71 bits per heavy atom. The normalized spacial score (nSPS) is 19.1. The fourth-order valence-electron chi connectivity index (χ4n) is 1.65. The van der Waals surface area contributed by atoms with Gasteiger partial charge in [0.05, 0.1) is 13.7 Å². The summed E-state index contributed by atoms with van der Waals surface area (Å²) < 4.78 is 10.4. The largest absolute Gasteiger partial charge is 0.480 e. The summed E-state index contributed by atoms with van der Waals surface area (Å²) in [5, 5.41) is 16.4. The third-order valence-electron chi connectivity index (χ3n) is 2.53. The summed E-state index contributed by atoms with van der Waals surface area (Å²) in [4.78, 5) is 12.0. The lowest BCUT2D eigenvalue weighted by Crippen LogP contribution is -2.29. The van der Waals surface area contributed by atoms with E-state index in [1.165, 1.54) is 12.0 Å². The molecule has 0 spiro atoms. The predicted molar refractivity (Wildman–Crippen MR) is 57.2 cm³/mol. The number of rotatable bonds is 3. The van der Waals surface area contributed by atoms with Crippen LogP contribution in [0.15, 0.2) is 12.1 Å². The van der Waals surface area contributed by atoms with E-state index >= 15 is 0 Å². The second-order valence-electron chi connectivity index (χ2n) is 3.67. The van der Waals surface area contributed by atoms with Gasteiger partial charge in [0.1, 0.15) is 6.10 Å². The molecule has 1 aliphatic rings. The molecule has 0 aliphatic carbocycles. The quantitative estimate of drug-likeness (QED) is 0.832. The van der Waals surface area contributed by atoms with E-state index < -0.39 is 6.09 Å². The van der Waals surface area contributed by atoms with Crippen LogP contribution in [0, 0.1) is 0 Å². The molecule has 1 aromatic rings. The molecule has 1 fully saturated rings. The van der Waals surface area contributed by atoms with Crippen LogP contribution in [0.4, 0.5) is 4.79 Å². The van der Waals surface area contributed by atoms with Crippen molar-refractivity contribution in [1.82, 2.24) is 15.1 Å². The molecule has 0 saturated carbocycles. The number of amides is 1. The molecule has 7 nitrogen and oxygen atoms in total. The smallest absolute Gasteiger partial charge is 0.407 e. The van der Waals surface area contributed by atoms with Gasteiger partial charge in [0.2, 0.25) is 11.8 Å². The molecule has 1 amide bonds. The molecule has 92 valence electrons. The Balaban J connectivity index is 1.91. The summed E-state index contributed by atoms with van der Waals surface area (Å²) in [6, 6.07) is 3.29. The predicted octanol–water partition coefficient (Wildman–Crippen LogP) is 0.616. The van der Waals surface area contributed by atoms with E-state index in [0.29, 0.717) is 31.3 Å². The van der Waals surface area contributed by atoms with Crippen molar-refractivity contribution >= 4 is 6.09 Å². The first-order valence-corrected chi connectivity index (χ1v) is 5.21. The SMILES string of the molecule is COc1ccc(O[C@H]2CCN(C(=O)O)C2)nn1. The van der Waals surface area contributed by atoms with E-state index in [1.54, 1.807) is 12.1 Å². The maximum absolute atomic E-state index is 10.7. The topological polar surface area (TPSA) is 84.8 Å². The molecule has 0 radical (unpaired) electrons. The van der Waals surface area contributed by atoms with Crippen LogP contribution in [0.3, 0.4) is 0 Å². The van der Waals surface area contributed by atoms with Crippen molar-refractivity contribution in [3.8, 4) is 11.8 Å². The fourth-order valence-corrected chi connectivity index (χ4v) is 1.65. The van der Waals surface area contributed by atoms with E-state index in [9.17, 15) is 4.79 Å². The lowest BCUT2D eigenvalue weighted by Gasteiger charge is -2.13. The first kappa shape index (κ1) is 11.4. The number of likely N-dealkylation sites (tertiary alicyclic amines) is 1. The molecule has 1 N–H and O–H groups in total. The highest BCUT2D eigenvalue weighted by Gasteiger charge is 2.27. The van der Waals surface area contributed by atoms with Gasteiger partial charge in [-0.25, -0.2) is 4.79 Å². The molecule has 1 atom stereocenters. The summed E-state index contributed by atoms with van der Waals surface area (Å²) in [6.07, 6.45) is -0.411. The minimum absolute atomic E-state index is 0.159. The standard InChI is InChI=1S/C10H13N3O4/c1-16-8-2-3-9(12-11-8)17-7-4-5-13(6-7)10(14)15/h2-3,7H,4-6H2,1H3,(H,14,15)/t7-/m0/s1. The van der Waals surface area contributed by atoms with Crippen molar-refractivity contribution in [1.29, 1.82) is 0 Å². The maximum atomic E-state index is 10.7. The minimum Gasteiger partial charge on any atom is -0.480 e. The van der Waals surface area contributed by atoms with Gasteiger partial charge in [-0.05, 0) is 0 Å². The Morgan fingerprint density at radius 1 is 1.47 bits per heavy atom. The zero-order chi connectivity index (χ0) is 12.3. The molecule has 1 saturated heterocycles. The van der Waals surface area contributed by atoms with E-state index in [1.807, 2.05) is 0 Å².